The topological polar surface area (TPSA) is 72.9 Å². The monoisotopic (exact) mass is 539 g/mol. The molecule has 0 aromatic rings. The van der Waals surface area contributed by atoms with E-state index in [2.05, 4.69) is 33.8 Å². The van der Waals surface area contributed by atoms with Gasteiger partial charge in [0, 0.05) is 46.1 Å². The summed E-state index contributed by atoms with van der Waals surface area (Å²) in [5.74, 6) is 3.48. The molecular weight excluding hydrogens is 490 g/mol. The second-order valence-corrected chi connectivity index (χ2v) is 14.0. The first kappa shape index (κ1) is 28.4. The van der Waals surface area contributed by atoms with Gasteiger partial charge in [0.2, 0.25) is 11.8 Å². The summed E-state index contributed by atoms with van der Waals surface area (Å²) < 4.78 is 12.4. The van der Waals surface area contributed by atoms with Gasteiger partial charge in [-0.15, -0.1) is 0 Å². The van der Waals surface area contributed by atoms with Crippen molar-refractivity contribution in [3.05, 3.63) is 23.0 Å². The molecule has 4 aliphatic carbocycles. The highest BCUT2D eigenvalue weighted by molar-refractivity contribution is 5.92. The Kier molecular flexibility index (Phi) is 7.56. The van der Waals surface area contributed by atoms with Crippen LogP contribution >= 0.6 is 0 Å². The number of imide groups is 1. The highest BCUT2D eigenvalue weighted by Crippen LogP contribution is 2.69. The van der Waals surface area contributed by atoms with Crippen molar-refractivity contribution in [1.29, 1.82) is 0 Å². The Balaban J connectivity index is 1.27. The van der Waals surface area contributed by atoms with E-state index in [-0.39, 0.29) is 46.7 Å². The van der Waals surface area contributed by atoms with Crippen molar-refractivity contribution in [2.75, 3.05) is 6.54 Å². The van der Waals surface area contributed by atoms with E-state index in [1.54, 1.807) is 5.57 Å². The van der Waals surface area contributed by atoms with E-state index in [1.807, 2.05) is 0 Å². The third-order valence-corrected chi connectivity index (χ3v) is 11.7. The first-order chi connectivity index (χ1) is 18.3. The van der Waals surface area contributed by atoms with Gasteiger partial charge in [0.05, 0.1) is 5.76 Å². The Labute approximate surface area is 234 Å². The lowest BCUT2D eigenvalue weighted by molar-refractivity contribution is -0.149. The number of amides is 2. The minimum atomic E-state index is -0.179. The van der Waals surface area contributed by atoms with Gasteiger partial charge in [0.25, 0.3) is 0 Å². The Morgan fingerprint density at radius 2 is 1.82 bits per heavy atom. The lowest BCUT2D eigenvalue weighted by Gasteiger charge is -2.58. The Hall–Kier alpha value is -2.11. The fourth-order valence-corrected chi connectivity index (χ4v) is 9.81. The van der Waals surface area contributed by atoms with Crippen molar-refractivity contribution in [2.24, 2.45) is 40.4 Å². The normalized spacial score (nSPS) is 39.4. The van der Waals surface area contributed by atoms with Gasteiger partial charge in [-0.3, -0.25) is 19.3 Å². The average molecular weight is 540 g/mol. The van der Waals surface area contributed by atoms with Gasteiger partial charge in [-0.25, -0.2) is 0 Å². The summed E-state index contributed by atoms with van der Waals surface area (Å²) in [5.41, 5.74) is 3.50. The zero-order valence-corrected chi connectivity index (χ0v) is 25.2. The molecule has 3 saturated carbocycles. The van der Waals surface area contributed by atoms with Crippen molar-refractivity contribution in [2.45, 2.75) is 118 Å². The van der Waals surface area contributed by atoms with E-state index in [1.165, 1.54) is 44.1 Å². The minimum absolute atomic E-state index is 0.0494. The second-order valence-electron chi connectivity index (χ2n) is 14.0. The highest BCUT2D eigenvalue weighted by Gasteiger charge is 2.63. The summed E-state index contributed by atoms with van der Waals surface area (Å²) in [6, 6.07) is 0. The Morgan fingerprint density at radius 3 is 2.49 bits per heavy atom. The first-order valence-electron chi connectivity index (χ1n) is 15.4. The van der Waals surface area contributed by atoms with Crippen LogP contribution in [0.1, 0.15) is 106 Å². The average Bonchev–Trinajstić information content (AvgIpc) is 3.33. The van der Waals surface area contributed by atoms with Crippen LogP contribution in [0, 0.1) is 40.4 Å². The van der Waals surface area contributed by atoms with E-state index < -0.39 is 0 Å². The van der Waals surface area contributed by atoms with Crippen molar-refractivity contribution in [3.63, 3.8) is 0 Å². The molecule has 0 N–H and O–H groups in total. The number of allylic oxidation sites excluding steroid dienone is 2. The number of hydrogen-bond acceptors (Lipinski definition) is 5. The number of ether oxygens (including phenoxy) is 2. The Bertz CT molecular complexity index is 1080. The molecule has 5 aliphatic rings. The van der Waals surface area contributed by atoms with Crippen LogP contribution in [0.3, 0.4) is 0 Å². The molecule has 6 nitrogen and oxygen atoms in total. The number of nitrogens with zero attached hydrogens (tertiary/aromatic N) is 1. The van der Waals surface area contributed by atoms with Crippen LogP contribution in [-0.4, -0.2) is 41.4 Å². The molecule has 0 unspecified atom stereocenters. The molecule has 3 fully saturated rings. The molecule has 0 radical (unpaired) electrons. The van der Waals surface area contributed by atoms with Gasteiger partial charge in [0.15, 0.2) is 0 Å². The maximum absolute atomic E-state index is 11.8. The van der Waals surface area contributed by atoms with Crippen molar-refractivity contribution >= 4 is 17.8 Å². The summed E-state index contributed by atoms with van der Waals surface area (Å²) >= 11 is 0. The van der Waals surface area contributed by atoms with Crippen LogP contribution in [0.2, 0.25) is 0 Å². The van der Waals surface area contributed by atoms with Gasteiger partial charge in [-0.1, -0.05) is 32.4 Å². The third kappa shape index (κ3) is 4.88. The summed E-state index contributed by atoms with van der Waals surface area (Å²) in [7, 11) is 0. The fourth-order valence-electron chi connectivity index (χ4n) is 9.81. The molecule has 39 heavy (non-hydrogen) atoms. The van der Waals surface area contributed by atoms with Crippen LogP contribution in [0.5, 0.6) is 0 Å². The van der Waals surface area contributed by atoms with Crippen molar-refractivity contribution < 1.29 is 23.9 Å². The van der Waals surface area contributed by atoms with Crippen LogP contribution in [0.25, 0.3) is 0 Å². The lowest BCUT2D eigenvalue weighted by Crippen LogP contribution is -2.50. The maximum atomic E-state index is 11.8. The van der Waals surface area contributed by atoms with E-state index >= 15 is 0 Å². The molecule has 2 amide bonds. The van der Waals surface area contributed by atoms with E-state index in [0.29, 0.717) is 30.2 Å². The zero-order chi connectivity index (χ0) is 28.3. The Morgan fingerprint density at radius 1 is 1.10 bits per heavy atom. The number of esters is 1. The standard InChI is InChI=1S/C33H49NO5/c1-19(18-34(21(3)35)22(4)36)8-11-29-20(2)31-30(39-29)17-28-26-10-9-24-16-25(38-23(5)37)12-14-32(24,6)27(26)13-15-33(28,31)7/h9,19,25-28,30-31H,8,10-18H2,1-7H3/t19-,25+,26-,27-,28-,30-,31+,32-,33-/m0/s1. The summed E-state index contributed by atoms with van der Waals surface area (Å²) in [6.07, 6.45) is 12.5. The number of carbonyl (C=O) groups is 3. The summed E-state index contributed by atoms with van der Waals surface area (Å²) in [5, 5.41) is 0. The van der Waals surface area contributed by atoms with Gasteiger partial charge in [0.1, 0.15) is 12.2 Å². The second kappa shape index (κ2) is 10.4. The van der Waals surface area contributed by atoms with Crippen LogP contribution < -0.4 is 0 Å². The quantitative estimate of drug-likeness (QED) is 0.281. The van der Waals surface area contributed by atoms with Crippen LogP contribution in [0.4, 0.5) is 0 Å². The molecule has 0 spiro atoms. The molecule has 6 heteroatoms. The molecule has 5 rings (SSSR count). The molecule has 1 aliphatic heterocycles. The molecular formula is C33H49NO5. The highest BCUT2D eigenvalue weighted by atomic mass is 16.5. The number of rotatable bonds is 6. The SMILES string of the molecule is CC(=O)O[C@@H]1CC[C@@]2(C)C(=CC[C@@H]3[C@@H]4C[C@@H]5OC(CC[C@H](C)CN(C(C)=O)C(C)=O)=C(C)[C@H]5[C@@]4(C)CC[C@@H]32)C1. The molecule has 1 heterocycles. The lowest BCUT2D eigenvalue weighted by atomic mass is 9.47. The van der Waals surface area contributed by atoms with Gasteiger partial charge < -0.3 is 9.47 Å². The van der Waals surface area contributed by atoms with Crippen molar-refractivity contribution in [3.8, 4) is 0 Å². The molecule has 216 valence electrons. The smallest absolute Gasteiger partial charge is 0.302 e. The van der Waals surface area contributed by atoms with E-state index in [0.717, 1.165) is 50.7 Å². The third-order valence-electron chi connectivity index (χ3n) is 11.7. The minimum Gasteiger partial charge on any atom is -0.494 e. The van der Waals surface area contributed by atoms with Gasteiger partial charge in [-0.05, 0) is 91.9 Å². The predicted octanol–water partition coefficient (Wildman–Crippen LogP) is 6.59. The molecule has 0 aromatic carbocycles. The maximum Gasteiger partial charge on any atom is 0.302 e. The number of carbonyl (C=O) groups excluding carboxylic acids is 3. The summed E-state index contributed by atoms with van der Waals surface area (Å²) in [4.78, 5) is 36.6. The van der Waals surface area contributed by atoms with Crippen LogP contribution in [0.15, 0.2) is 23.0 Å². The number of hydrogen-bond donors (Lipinski definition) is 0. The van der Waals surface area contributed by atoms with Gasteiger partial charge >= 0.3 is 5.97 Å². The fraction of sp³-hybridized carbons (Fsp3) is 0.788. The molecule has 9 atom stereocenters. The van der Waals surface area contributed by atoms with Crippen LogP contribution in [-0.2, 0) is 23.9 Å². The predicted molar refractivity (Wildman–Crippen MR) is 150 cm³/mol. The molecule has 0 bridgehead atoms. The molecule has 0 saturated heterocycles. The molecule has 0 aromatic heterocycles. The van der Waals surface area contributed by atoms with E-state index in [4.69, 9.17) is 9.47 Å². The number of fused-ring (bicyclic) bond motifs is 7. The first-order valence-corrected chi connectivity index (χ1v) is 15.4. The zero-order valence-electron chi connectivity index (χ0n) is 25.2. The van der Waals surface area contributed by atoms with Gasteiger partial charge in [-0.2, -0.15) is 0 Å². The summed E-state index contributed by atoms with van der Waals surface area (Å²) in [6.45, 7) is 14.4. The van der Waals surface area contributed by atoms with Crippen molar-refractivity contribution in [1.82, 2.24) is 4.90 Å². The van der Waals surface area contributed by atoms with E-state index in [9.17, 15) is 14.4 Å². The largest absolute Gasteiger partial charge is 0.494 e.